The Hall–Kier alpha value is 0.390. The lowest BCUT2D eigenvalue weighted by Gasteiger charge is -2.23. The van der Waals surface area contributed by atoms with Crippen LogP contribution in [0.2, 0.25) is 0 Å². The van der Waals surface area contributed by atoms with Crippen LogP contribution in [0.5, 0.6) is 0 Å². The molecule has 0 saturated carbocycles. The summed E-state index contributed by atoms with van der Waals surface area (Å²) >= 11 is 3.37. The summed E-state index contributed by atoms with van der Waals surface area (Å²) in [6.07, 6.45) is 0.982. The van der Waals surface area contributed by atoms with Crippen molar-refractivity contribution in [2.24, 2.45) is 5.92 Å². The Morgan fingerprint density at radius 3 is 2.62 bits per heavy atom. The van der Waals surface area contributed by atoms with Gasteiger partial charge in [-0.2, -0.15) is 4.31 Å². The zero-order valence-corrected chi connectivity index (χ0v) is 10.4. The van der Waals surface area contributed by atoms with E-state index >= 15 is 0 Å². The van der Waals surface area contributed by atoms with E-state index in [1.54, 1.807) is 11.2 Å². The van der Waals surface area contributed by atoms with E-state index in [9.17, 15) is 8.42 Å². The summed E-state index contributed by atoms with van der Waals surface area (Å²) in [6.45, 7) is 4.49. The summed E-state index contributed by atoms with van der Waals surface area (Å²) in [7, 11) is -2.99. The lowest BCUT2D eigenvalue weighted by molar-refractivity contribution is 0.379. The summed E-state index contributed by atoms with van der Waals surface area (Å²) < 4.78 is 24.9. The largest absolute Gasteiger partial charge is 0.214 e. The monoisotopic (exact) mass is 269 g/mol. The van der Waals surface area contributed by atoms with Crippen LogP contribution >= 0.6 is 15.9 Å². The first-order valence-electron chi connectivity index (χ1n) is 4.58. The van der Waals surface area contributed by atoms with E-state index in [4.69, 9.17) is 0 Å². The van der Waals surface area contributed by atoms with Gasteiger partial charge in [-0.15, -0.1) is 0 Å². The third kappa shape index (κ3) is 2.25. The van der Waals surface area contributed by atoms with Gasteiger partial charge in [-0.05, 0) is 19.3 Å². The lowest BCUT2D eigenvalue weighted by Crippen LogP contribution is -2.39. The van der Waals surface area contributed by atoms with Crippen molar-refractivity contribution in [2.45, 2.75) is 26.3 Å². The molecule has 1 aliphatic heterocycles. The fraction of sp³-hybridized carbons (Fsp3) is 1.00. The van der Waals surface area contributed by atoms with Crippen LogP contribution in [0.15, 0.2) is 0 Å². The molecule has 2 unspecified atom stereocenters. The van der Waals surface area contributed by atoms with Crippen LogP contribution in [0.3, 0.4) is 0 Å². The van der Waals surface area contributed by atoms with E-state index < -0.39 is 10.0 Å². The average Bonchev–Trinajstić information content (AvgIpc) is 2.47. The summed E-state index contributed by atoms with van der Waals surface area (Å²) in [4.78, 5) is 0. The van der Waals surface area contributed by atoms with Gasteiger partial charge in [0.05, 0.1) is 5.75 Å². The van der Waals surface area contributed by atoms with Crippen molar-refractivity contribution in [3.63, 3.8) is 0 Å². The quantitative estimate of drug-likeness (QED) is 0.728. The van der Waals surface area contributed by atoms with Gasteiger partial charge in [-0.3, -0.25) is 0 Å². The van der Waals surface area contributed by atoms with Crippen molar-refractivity contribution in [1.29, 1.82) is 0 Å². The molecule has 0 aromatic carbocycles. The zero-order valence-electron chi connectivity index (χ0n) is 8.03. The topological polar surface area (TPSA) is 37.4 Å². The minimum Gasteiger partial charge on any atom is -0.212 e. The Kier molecular flexibility index (Phi) is 3.77. The van der Waals surface area contributed by atoms with Crippen molar-refractivity contribution >= 4 is 26.0 Å². The first kappa shape index (κ1) is 11.5. The number of alkyl halides is 1. The number of rotatable bonds is 3. The fourth-order valence-electron chi connectivity index (χ4n) is 1.71. The molecule has 0 aromatic heterocycles. The highest BCUT2D eigenvalue weighted by Gasteiger charge is 2.36. The zero-order chi connectivity index (χ0) is 10.1. The third-order valence-corrected chi connectivity index (χ3v) is 5.27. The van der Waals surface area contributed by atoms with Crippen molar-refractivity contribution in [2.75, 3.05) is 17.6 Å². The van der Waals surface area contributed by atoms with Crippen LogP contribution in [-0.2, 0) is 10.0 Å². The first-order valence-corrected chi connectivity index (χ1v) is 7.31. The number of hydrogen-bond donors (Lipinski definition) is 0. The molecule has 0 aromatic rings. The van der Waals surface area contributed by atoms with E-state index in [-0.39, 0.29) is 11.8 Å². The van der Waals surface area contributed by atoms with Crippen LogP contribution in [0.1, 0.15) is 20.3 Å². The van der Waals surface area contributed by atoms with E-state index in [1.165, 1.54) is 0 Å². The maximum Gasteiger partial charge on any atom is 0.214 e. The molecule has 78 valence electrons. The Bertz CT molecular complexity index is 265. The van der Waals surface area contributed by atoms with E-state index in [2.05, 4.69) is 22.9 Å². The molecule has 0 aliphatic carbocycles. The Balaban J connectivity index is 2.82. The van der Waals surface area contributed by atoms with Crippen LogP contribution < -0.4 is 0 Å². The van der Waals surface area contributed by atoms with Crippen LogP contribution in [0.4, 0.5) is 0 Å². The molecule has 5 heteroatoms. The van der Waals surface area contributed by atoms with Crippen molar-refractivity contribution in [3.8, 4) is 0 Å². The van der Waals surface area contributed by atoms with Gasteiger partial charge in [-0.25, -0.2) is 8.42 Å². The minimum absolute atomic E-state index is 0.157. The summed E-state index contributed by atoms with van der Waals surface area (Å²) in [5, 5.41) is 0.743. The highest BCUT2D eigenvalue weighted by atomic mass is 79.9. The van der Waals surface area contributed by atoms with Gasteiger partial charge in [0.15, 0.2) is 0 Å². The molecular weight excluding hydrogens is 254 g/mol. The molecular formula is C8H16BrNO2S. The SMILES string of the molecule is CCS(=O)(=O)N1CCC(C)C1CBr. The lowest BCUT2D eigenvalue weighted by atomic mass is 10.1. The molecule has 1 aliphatic rings. The number of sulfonamides is 1. The molecule has 0 bridgehead atoms. The maximum absolute atomic E-state index is 11.6. The molecule has 1 heterocycles. The second kappa shape index (κ2) is 4.28. The van der Waals surface area contributed by atoms with Crippen molar-refractivity contribution in [1.82, 2.24) is 4.31 Å². The molecule has 2 atom stereocenters. The molecule has 0 spiro atoms. The normalized spacial score (nSPS) is 31.0. The Morgan fingerprint density at radius 1 is 1.54 bits per heavy atom. The summed E-state index contributed by atoms with van der Waals surface area (Å²) in [5.41, 5.74) is 0. The van der Waals surface area contributed by atoms with Gasteiger partial charge in [0.25, 0.3) is 0 Å². The molecule has 1 saturated heterocycles. The third-order valence-electron chi connectivity index (χ3n) is 2.71. The van der Waals surface area contributed by atoms with E-state index in [0.717, 1.165) is 11.8 Å². The van der Waals surface area contributed by atoms with Gasteiger partial charge in [0.2, 0.25) is 10.0 Å². The molecule has 0 amide bonds. The fourth-order valence-corrected chi connectivity index (χ4v) is 4.30. The Morgan fingerprint density at radius 2 is 2.15 bits per heavy atom. The second-order valence-electron chi connectivity index (χ2n) is 3.50. The van der Waals surface area contributed by atoms with Crippen molar-refractivity contribution in [3.05, 3.63) is 0 Å². The maximum atomic E-state index is 11.6. The van der Waals surface area contributed by atoms with Crippen molar-refractivity contribution < 1.29 is 8.42 Å². The highest BCUT2D eigenvalue weighted by molar-refractivity contribution is 9.09. The first-order chi connectivity index (χ1) is 6.03. The second-order valence-corrected chi connectivity index (χ2v) is 6.36. The predicted molar refractivity (Wildman–Crippen MR) is 57.5 cm³/mol. The van der Waals surface area contributed by atoms with Gasteiger partial charge in [-0.1, -0.05) is 22.9 Å². The molecule has 0 N–H and O–H groups in total. The molecule has 3 nitrogen and oxygen atoms in total. The molecule has 13 heavy (non-hydrogen) atoms. The van der Waals surface area contributed by atoms with Crippen LogP contribution in [-0.4, -0.2) is 36.4 Å². The molecule has 1 rings (SSSR count). The summed E-state index contributed by atoms with van der Waals surface area (Å²) in [6, 6.07) is 0.157. The predicted octanol–water partition coefficient (Wildman–Crippen LogP) is 1.44. The standard InChI is InChI=1S/C8H16BrNO2S/c1-3-13(11,12)10-5-4-7(2)8(10)6-9/h7-8H,3-6H2,1-2H3. The smallest absolute Gasteiger partial charge is 0.212 e. The van der Waals surface area contributed by atoms with Crippen LogP contribution in [0.25, 0.3) is 0 Å². The number of hydrogen-bond acceptors (Lipinski definition) is 2. The van der Waals surface area contributed by atoms with Gasteiger partial charge in [0.1, 0.15) is 0 Å². The minimum atomic E-state index is -2.99. The van der Waals surface area contributed by atoms with Gasteiger partial charge >= 0.3 is 0 Å². The van der Waals surface area contributed by atoms with Gasteiger partial charge in [0, 0.05) is 17.9 Å². The highest BCUT2D eigenvalue weighted by Crippen LogP contribution is 2.27. The van der Waals surface area contributed by atoms with E-state index in [0.29, 0.717) is 12.5 Å². The molecule has 1 fully saturated rings. The molecule has 0 radical (unpaired) electrons. The van der Waals surface area contributed by atoms with Gasteiger partial charge < -0.3 is 0 Å². The Labute approximate surface area is 88.7 Å². The van der Waals surface area contributed by atoms with Crippen LogP contribution in [0, 0.1) is 5.92 Å². The number of halogens is 1. The van der Waals surface area contributed by atoms with E-state index in [1.807, 2.05) is 0 Å². The summed E-state index contributed by atoms with van der Waals surface area (Å²) in [5.74, 6) is 0.684. The average molecular weight is 270 g/mol. The number of nitrogens with zero attached hydrogens (tertiary/aromatic N) is 1.